The van der Waals surface area contributed by atoms with Gasteiger partial charge in [-0.3, -0.25) is 14.2 Å². The van der Waals surface area contributed by atoms with Gasteiger partial charge in [0, 0.05) is 38.3 Å². The van der Waals surface area contributed by atoms with Crippen LogP contribution in [-0.4, -0.2) is 54.3 Å². The van der Waals surface area contributed by atoms with Crippen LogP contribution in [0.5, 0.6) is 0 Å². The summed E-state index contributed by atoms with van der Waals surface area (Å²) in [5, 5.41) is 0. The van der Waals surface area contributed by atoms with Crippen LogP contribution < -0.4 is 4.87 Å². The van der Waals surface area contributed by atoms with Crippen molar-refractivity contribution >= 4 is 37.5 Å². The molecule has 4 rings (SSSR count). The van der Waals surface area contributed by atoms with Crippen LogP contribution in [0.15, 0.2) is 52.2 Å². The number of aryl methyl sites for hydroxylation is 2. The minimum atomic E-state index is -3.70. The molecule has 31 heavy (non-hydrogen) atoms. The van der Waals surface area contributed by atoms with Gasteiger partial charge in [-0.1, -0.05) is 36.0 Å². The van der Waals surface area contributed by atoms with Gasteiger partial charge in [-0.15, -0.1) is 0 Å². The number of hydrogen-bond donors (Lipinski definition) is 0. The van der Waals surface area contributed by atoms with E-state index in [9.17, 15) is 18.0 Å². The molecule has 3 aromatic rings. The lowest BCUT2D eigenvalue weighted by Gasteiger charge is -2.34. The summed E-state index contributed by atoms with van der Waals surface area (Å²) in [6.45, 7) is 5.74. The molecular weight excluding hydrogens is 434 g/mol. The molecular formula is C22H25N3O4S2. The van der Waals surface area contributed by atoms with Gasteiger partial charge in [0.05, 0.1) is 15.1 Å². The van der Waals surface area contributed by atoms with Gasteiger partial charge in [0.2, 0.25) is 10.0 Å². The number of sulfonamides is 1. The molecule has 0 atom stereocenters. The van der Waals surface area contributed by atoms with Crippen LogP contribution in [0.1, 0.15) is 29.3 Å². The Morgan fingerprint density at radius 1 is 1.03 bits per heavy atom. The van der Waals surface area contributed by atoms with E-state index in [0.29, 0.717) is 29.9 Å². The van der Waals surface area contributed by atoms with Crippen molar-refractivity contribution in [3.63, 3.8) is 0 Å². The van der Waals surface area contributed by atoms with Crippen LogP contribution in [0, 0.1) is 6.92 Å². The van der Waals surface area contributed by atoms with E-state index in [-0.39, 0.29) is 28.8 Å². The van der Waals surface area contributed by atoms with E-state index in [1.54, 1.807) is 39.8 Å². The van der Waals surface area contributed by atoms with Crippen molar-refractivity contribution in [3.8, 4) is 0 Å². The summed E-state index contributed by atoms with van der Waals surface area (Å²) in [4.78, 5) is 26.7. The zero-order chi connectivity index (χ0) is 22.2. The van der Waals surface area contributed by atoms with Crippen LogP contribution in [0.25, 0.3) is 10.2 Å². The molecule has 0 aliphatic carbocycles. The number of hydrogen-bond acceptors (Lipinski definition) is 5. The van der Waals surface area contributed by atoms with Crippen molar-refractivity contribution in [2.45, 2.75) is 31.7 Å². The number of carbonyl (C=O) groups excluding carboxylic acids is 1. The Hall–Kier alpha value is -2.49. The summed E-state index contributed by atoms with van der Waals surface area (Å²) in [7, 11) is -3.70. The zero-order valence-corrected chi connectivity index (χ0v) is 19.2. The predicted octanol–water partition coefficient (Wildman–Crippen LogP) is 2.93. The van der Waals surface area contributed by atoms with Gasteiger partial charge in [-0.05, 0) is 43.7 Å². The van der Waals surface area contributed by atoms with Gasteiger partial charge < -0.3 is 4.90 Å². The molecule has 9 heteroatoms. The molecule has 2 heterocycles. The fourth-order valence-electron chi connectivity index (χ4n) is 3.80. The van der Waals surface area contributed by atoms with Crippen LogP contribution in [0.2, 0.25) is 0 Å². The number of rotatable bonds is 5. The Bertz CT molecular complexity index is 1270. The van der Waals surface area contributed by atoms with E-state index < -0.39 is 10.0 Å². The first-order valence-corrected chi connectivity index (χ1v) is 12.6. The first-order valence-electron chi connectivity index (χ1n) is 10.3. The number of piperazine rings is 1. The first-order chi connectivity index (χ1) is 14.8. The maximum absolute atomic E-state index is 13.2. The molecule has 0 spiro atoms. The minimum Gasteiger partial charge on any atom is -0.336 e. The molecule has 7 nitrogen and oxygen atoms in total. The summed E-state index contributed by atoms with van der Waals surface area (Å²) >= 11 is 1.07. The number of amides is 1. The summed E-state index contributed by atoms with van der Waals surface area (Å²) in [5.74, 6) is -0.0829. The lowest BCUT2D eigenvalue weighted by atomic mass is 10.1. The number of benzene rings is 2. The minimum absolute atomic E-state index is 0.0744. The molecule has 1 amide bonds. The van der Waals surface area contributed by atoms with Crippen molar-refractivity contribution in [1.82, 2.24) is 13.8 Å². The molecule has 1 aromatic heterocycles. The van der Waals surface area contributed by atoms with E-state index in [2.05, 4.69) is 0 Å². The average molecular weight is 460 g/mol. The van der Waals surface area contributed by atoms with Gasteiger partial charge in [-0.2, -0.15) is 4.31 Å². The maximum Gasteiger partial charge on any atom is 0.308 e. The number of carbonyl (C=O) groups is 1. The summed E-state index contributed by atoms with van der Waals surface area (Å²) < 4.78 is 30.1. The monoisotopic (exact) mass is 459 g/mol. The Labute approximate surface area is 185 Å². The Kier molecular flexibility index (Phi) is 6.00. The highest BCUT2D eigenvalue weighted by molar-refractivity contribution is 7.89. The second kappa shape index (κ2) is 8.57. The molecule has 164 valence electrons. The van der Waals surface area contributed by atoms with Crippen molar-refractivity contribution < 1.29 is 13.2 Å². The first kappa shape index (κ1) is 21.7. The Morgan fingerprint density at radius 3 is 2.35 bits per heavy atom. The third-order valence-electron chi connectivity index (χ3n) is 5.55. The van der Waals surface area contributed by atoms with Crippen LogP contribution in [-0.2, 0) is 16.6 Å². The maximum atomic E-state index is 13.2. The van der Waals surface area contributed by atoms with Gasteiger partial charge in [0.25, 0.3) is 5.91 Å². The fourth-order valence-corrected chi connectivity index (χ4v) is 6.28. The van der Waals surface area contributed by atoms with Crippen LogP contribution in [0.3, 0.4) is 0 Å². The fraction of sp³-hybridized carbons (Fsp3) is 0.364. The van der Waals surface area contributed by atoms with Crippen LogP contribution in [0.4, 0.5) is 0 Å². The molecule has 0 N–H and O–H groups in total. The number of thiazole rings is 1. The van der Waals surface area contributed by atoms with Gasteiger partial charge in [0.15, 0.2) is 0 Å². The third kappa shape index (κ3) is 4.17. The highest BCUT2D eigenvalue weighted by Crippen LogP contribution is 2.25. The third-order valence-corrected chi connectivity index (χ3v) is 8.39. The van der Waals surface area contributed by atoms with E-state index in [1.807, 2.05) is 26.0 Å². The van der Waals surface area contributed by atoms with E-state index in [1.165, 1.54) is 4.31 Å². The second-order valence-electron chi connectivity index (χ2n) is 7.71. The van der Waals surface area contributed by atoms with Gasteiger partial charge in [0.1, 0.15) is 0 Å². The van der Waals surface area contributed by atoms with E-state index in [0.717, 1.165) is 28.8 Å². The zero-order valence-electron chi connectivity index (χ0n) is 17.6. The summed E-state index contributed by atoms with van der Waals surface area (Å²) in [6.07, 6.45) is 0.831. The standard InChI is InChI=1S/C22H25N3O4S2/c1-3-10-25-19-9-8-18(15-20(19)30-22(25)27)31(28,29)24-13-11-23(12-14-24)21(26)17-6-4-16(2)5-7-17/h4-9,15H,3,10-14H2,1-2H3. The SMILES string of the molecule is CCCn1c(=O)sc2cc(S(=O)(=O)N3CCN(C(=O)c4ccc(C)cc4)CC3)ccc21. The van der Waals surface area contributed by atoms with Crippen LogP contribution >= 0.6 is 11.3 Å². The van der Waals surface area contributed by atoms with Crippen molar-refractivity contribution in [1.29, 1.82) is 0 Å². The number of aromatic nitrogens is 1. The summed E-state index contributed by atoms with van der Waals surface area (Å²) in [6, 6.07) is 12.3. The Balaban J connectivity index is 1.50. The van der Waals surface area contributed by atoms with Crippen molar-refractivity contribution in [2.75, 3.05) is 26.2 Å². The molecule has 1 aliphatic rings. The normalized spacial score (nSPS) is 15.5. The molecule has 1 saturated heterocycles. The largest absolute Gasteiger partial charge is 0.336 e. The topological polar surface area (TPSA) is 79.7 Å². The number of nitrogens with zero attached hydrogens (tertiary/aromatic N) is 3. The van der Waals surface area contributed by atoms with Crippen molar-refractivity contribution in [2.24, 2.45) is 0 Å². The van der Waals surface area contributed by atoms with E-state index in [4.69, 9.17) is 0 Å². The predicted molar refractivity (Wildman–Crippen MR) is 122 cm³/mol. The lowest BCUT2D eigenvalue weighted by Crippen LogP contribution is -2.50. The van der Waals surface area contributed by atoms with Gasteiger partial charge in [-0.25, -0.2) is 8.42 Å². The second-order valence-corrected chi connectivity index (χ2v) is 10.6. The molecule has 0 bridgehead atoms. The Morgan fingerprint density at radius 2 is 1.71 bits per heavy atom. The quantitative estimate of drug-likeness (QED) is 0.588. The molecule has 1 fully saturated rings. The van der Waals surface area contributed by atoms with E-state index >= 15 is 0 Å². The molecule has 0 saturated carbocycles. The summed E-state index contributed by atoms with van der Waals surface area (Å²) in [5.41, 5.74) is 2.46. The molecule has 0 unspecified atom stereocenters. The molecule has 2 aromatic carbocycles. The molecule has 1 aliphatic heterocycles. The number of fused-ring (bicyclic) bond motifs is 1. The molecule has 0 radical (unpaired) electrons. The smallest absolute Gasteiger partial charge is 0.308 e. The van der Waals surface area contributed by atoms with Crippen molar-refractivity contribution in [3.05, 3.63) is 63.3 Å². The lowest BCUT2D eigenvalue weighted by molar-refractivity contribution is 0.0698. The highest BCUT2D eigenvalue weighted by Gasteiger charge is 2.30. The highest BCUT2D eigenvalue weighted by atomic mass is 32.2. The van der Waals surface area contributed by atoms with Gasteiger partial charge >= 0.3 is 4.87 Å². The average Bonchev–Trinajstić information content (AvgIpc) is 3.08.